The molecule has 0 atom stereocenters. The fraction of sp³-hybridized carbons (Fsp3) is 0.0556. The highest BCUT2D eigenvalue weighted by Gasteiger charge is 2.14. The number of aromatic nitrogens is 2. The molecule has 0 fully saturated rings. The number of allylic oxidation sites excluding steroid dienone is 1. The Morgan fingerprint density at radius 3 is 2.92 bits per heavy atom. The number of rotatable bonds is 2. The van der Waals surface area contributed by atoms with Crippen molar-refractivity contribution in [2.24, 2.45) is 17.0 Å². The van der Waals surface area contributed by atoms with Gasteiger partial charge in [0, 0.05) is 30.6 Å². The minimum absolute atomic E-state index is 0.188. The number of fused-ring (bicyclic) bond motifs is 1. The molecule has 0 saturated carbocycles. The van der Waals surface area contributed by atoms with Crippen LogP contribution < -0.4 is 4.80 Å². The minimum atomic E-state index is 0.188. The second-order valence-electron chi connectivity index (χ2n) is 5.33. The van der Waals surface area contributed by atoms with Crippen LogP contribution in [0, 0.1) is 0 Å². The van der Waals surface area contributed by atoms with Crippen LogP contribution >= 0.6 is 11.3 Å². The number of nitrogens with zero attached hydrogens (tertiary/aromatic N) is 4. The maximum absolute atomic E-state index is 10.4. The van der Waals surface area contributed by atoms with E-state index in [1.165, 1.54) is 11.3 Å². The van der Waals surface area contributed by atoms with Crippen molar-refractivity contribution in [3.05, 3.63) is 64.0 Å². The van der Waals surface area contributed by atoms with Gasteiger partial charge in [-0.2, -0.15) is 0 Å². The molecule has 0 aliphatic carbocycles. The summed E-state index contributed by atoms with van der Waals surface area (Å²) in [5.41, 5.74) is 3.75. The summed E-state index contributed by atoms with van der Waals surface area (Å²) in [6, 6.07) is 11.7. The molecule has 4 rings (SSSR count). The van der Waals surface area contributed by atoms with Crippen molar-refractivity contribution in [2.75, 3.05) is 0 Å². The maximum atomic E-state index is 10.4. The summed E-state index contributed by atoms with van der Waals surface area (Å²) in [7, 11) is 1.79. The summed E-state index contributed by atoms with van der Waals surface area (Å²) in [5.74, 6) is 0.188. The first kappa shape index (κ1) is 14.6. The number of thiazole rings is 1. The summed E-state index contributed by atoms with van der Waals surface area (Å²) in [6.07, 6.45) is 7.16. The summed E-state index contributed by atoms with van der Waals surface area (Å²) in [4.78, 5) is 14.4. The van der Waals surface area contributed by atoms with E-state index in [9.17, 15) is 5.11 Å². The van der Waals surface area contributed by atoms with E-state index in [-0.39, 0.29) is 5.88 Å². The maximum Gasteiger partial charge on any atom is 0.210 e. The zero-order valence-corrected chi connectivity index (χ0v) is 13.7. The van der Waals surface area contributed by atoms with Crippen LogP contribution in [0.3, 0.4) is 0 Å². The summed E-state index contributed by atoms with van der Waals surface area (Å²) in [6.45, 7) is 0. The van der Waals surface area contributed by atoms with Crippen LogP contribution in [-0.4, -0.2) is 20.9 Å². The van der Waals surface area contributed by atoms with Gasteiger partial charge in [-0.3, -0.25) is 14.5 Å². The van der Waals surface area contributed by atoms with Crippen molar-refractivity contribution in [1.82, 2.24) is 9.55 Å². The largest absolute Gasteiger partial charge is 0.493 e. The standard InChI is InChI=1S/C18H14N4OS/c1-22-17(23)16(24-18(22)21-13-5-4-8-19-11-13)9-12-10-20-15-7-3-2-6-14(12)15/h2-11,23H,1H3/b12-9+,21-18?. The Kier molecular flexibility index (Phi) is 3.59. The van der Waals surface area contributed by atoms with Gasteiger partial charge in [-0.25, -0.2) is 4.99 Å². The van der Waals surface area contributed by atoms with Crippen LogP contribution in [0.5, 0.6) is 5.88 Å². The molecular weight excluding hydrogens is 320 g/mol. The predicted molar refractivity (Wildman–Crippen MR) is 96.9 cm³/mol. The van der Waals surface area contributed by atoms with Crippen LogP contribution in [0.1, 0.15) is 10.4 Å². The van der Waals surface area contributed by atoms with Gasteiger partial charge < -0.3 is 5.11 Å². The predicted octanol–water partition coefficient (Wildman–Crippen LogP) is 3.68. The molecule has 0 saturated heterocycles. The van der Waals surface area contributed by atoms with E-state index in [2.05, 4.69) is 15.0 Å². The van der Waals surface area contributed by atoms with Gasteiger partial charge in [0.15, 0.2) is 4.80 Å². The third-order valence-electron chi connectivity index (χ3n) is 3.74. The Morgan fingerprint density at radius 1 is 1.21 bits per heavy atom. The molecule has 0 amide bonds. The van der Waals surface area contributed by atoms with Gasteiger partial charge in [0.05, 0.1) is 22.4 Å². The zero-order chi connectivity index (χ0) is 16.5. The average Bonchev–Trinajstić information content (AvgIpc) is 3.13. The lowest BCUT2D eigenvalue weighted by atomic mass is 10.1. The highest BCUT2D eigenvalue weighted by atomic mass is 32.1. The van der Waals surface area contributed by atoms with Crippen LogP contribution in [0.4, 0.5) is 11.4 Å². The summed E-state index contributed by atoms with van der Waals surface area (Å²) < 4.78 is 1.67. The van der Waals surface area contributed by atoms with Gasteiger partial charge in [0.25, 0.3) is 0 Å². The monoisotopic (exact) mass is 334 g/mol. The smallest absolute Gasteiger partial charge is 0.210 e. The number of benzene rings is 1. The quantitative estimate of drug-likeness (QED) is 0.777. The number of para-hydroxylation sites is 1. The molecule has 0 bridgehead atoms. The molecule has 1 N–H and O–H groups in total. The number of hydrogen-bond acceptors (Lipinski definition) is 5. The molecule has 0 radical (unpaired) electrons. The van der Waals surface area contributed by atoms with E-state index in [1.807, 2.05) is 48.7 Å². The van der Waals surface area contributed by atoms with Crippen LogP contribution in [0.25, 0.3) is 11.6 Å². The highest BCUT2D eigenvalue weighted by Crippen LogP contribution is 2.34. The Hall–Kier alpha value is -2.99. The molecule has 1 aliphatic heterocycles. The van der Waals surface area contributed by atoms with Crippen LogP contribution in [0.15, 0.2) is 58.8 Å². The van der Waals surface area contributed by atoms with Gasteiger partial charge in [0.1, 0.15) is 0 Å². The second-order valence-corrected chi connectivity index (χ2v) is 6.34. The lowest BCUT2D eigenvalue weighted by Crippen LogP contribution is -2.08. The third kappa shape index (κ3) is 2.57. The normalized spacial score (nSPS) is 15.2. The second kappa shape index (κ2) is 5.90. The molecule has 6 heteroatoms. The summed E-state index contributed by atoms with van der Waals surface area (Å²) >= 11 is 1.42. The van der Waals surface area contributed by atoms with Crippen molar-refractivity contribution in [3.8, 4) is 5.88 Å². The fourth-order valence-corrected chi connectivity index (χ4v) is 3.47. The number of pyridine rings is 1. The lowest BCUT2D eigenvalue weighted by molar-refractivity contribution is 0.427. The van der Waals surface area contributed by atoms with E-state index in [1.54, 1.807) is 24.0 Å². The molecule has 2 aromatic heterocycles. The Bertz CT molecular complexity index is 1030. The van der Waals surface area contributed by atoms with Gasteiger partial charge >= 0.3 is 0 Å². The molecule has 3 heterocycles. The Labute approximate surface area is 142 Å². The van der Waals surface area contributed by atoms with Gasteiger partial charge in [-0.15, -0.1) is 0 Å². The summed E-state index contributed by atoms with van der Waals surface area (Å²) in [5, 5.41) is 10.4. The Balaban J connectivity index is 1.79. The van der Waals surface area contributed by atoms with Crippen molar-refractivity contribution in [3.63, 3.8) is 0 Å². The molecule has 118 valence electrons. The molecule has 24 heavy (non-hydrogen) atoms. The topological polar surface area (TPSA) is 62.8 Å². The fourth-order valence-electron chi connectivity index (χ4n) is 2.49. The van der Waals surface area contributed by atoms with Gasteiger partial charge in [0.2, 0.25) is 5.88 Å². The third-order valence-corrected chi connectivity index (χ3v) is 4.81. The first-order chi connectivity index (χ1) is 11.7. The molecule has 5 nitrogen and oxygen atoms in total. The van der Waals surface area contributed by atoms with Crippen molar-refractivity contribution < 1.29 is 5.11 Å². The minimum Gasteiger partial charge on any atom is -0.493 e. The molecule has 3 aromatic rings. The average molecular weight is 334 g/mol. The van der Waals surface area contributed by atoms with E-state index in [0.29, 0.717) is 4.80 Å². The first-order valence-corrected chi connectivity index (χ1v) is 8.23. The van der Waals surface area contributed by atoms with Crippen molar-refractivity contribution in [1.29, 1.82) is 0 Å². The first-order valence-electron chi connectivity index (χ1n) is 7.41. The zero-order valence-electron chi connectivity index (χ0n) is 12.9. The molecule has 0 spiro atoms. The Morgan fingerprint density at radius 2 is 2.08 bits per heavy atom. The SMILES string of the molecule is Cn1c(O)c(/C=C2\C=Nc3ccccc32)sc1=Nc1cccnc1. The molecule has 0 unspecified atom stereocenters. The number of aromatic hydroxyl groups is 1. The molecule has 1 aromatic carbocycles. The van der Waals surface area contributed by atoms with Gasteiger partial charge in [-0.1, -0.05) is 29.5 Å². The molecular formula is C18H14N4OS. The van der Waals surface area contributed by atoms with Crippen molar-refractivity contribution in [2.45, 2.75) is 0 Å². The lowest BCUT2D eigenvalue weighted by Gasteiger charge is -1.98. The van der Waals surface area contributed by atoms with Crippen LogP contribution in [-0.2, 0) is 7.05 Å². The molecule has 1 aliphatic rings. The number of aliphatic imine (C=N–C) groups is 1. The van der Waals surface area contributed by atoms with Gasteiger partial charge in [-0.05, 0) is 24.3 Å². The van der Waals surface area contributed by atoms with E-state index in [0.717, 1.165) is 27.4 Å². The van der Waals surface area contributed by atoms with E-state index in [4.69, 9.17) is 0 Å². The van der Waals surface area contributed by atoms with Crippen LogP contribution in [0.2, 0.25) is 0 Å². The number of hydrogen-bond donors (Lipinski definition) is 1. The van der Waals surface area contributed by atoms with E-state index < -0.39 is 0 Å². The van der Waals surface area contributed by atoms with E-state index >= 15 is 0 Å². The highest BCUT2D eigenvalue weighted by molar-refractivity contribution is 7.10. The van der Waals surface area contributed by atoms with Crippen molar-refractivity contribution >= 4 is 40.6 Å².